The van der Waals surface area contributed by atoms with Crippen LogP contribution in [0.5, 0.6) is 0 Å². The Morgan fingerprint density at radius 3 is 3.00 bits per heavy atom. The summed E-state index contributed by atoms with van der Waals surface area (Å²) in [5.74, 6) is 0. The van der Waals surface area contributed by atoms with Gasteiger partial charge in [-0.1, -0.05) is 12.1 Å². The van der Waals surface area contributed by atoms with Gasteiger partial charge < -0.3 is 10.2 Å². The van der Waals surface area contributed by atoms with Gasteiger partial charge in [0.15, 0.2) is 0 Å². The van der Waals surface area contributed by atoms with Gasteiger partial charge in [0.25, 0.3) is 0 Å². The maximum absolute atomic E-state index is 4.22. The second-order valence-electron chi connectivity index (χ2n) is 5.21. The molecule has 1 aromatic carbocycles. The molecule has 0 spiro atoms. The number of anilines is 2. The van der Waals surface area contributed by atoms with Crippen molar-refractivity contribution in [1.29, 1.82) is 0 Å². The first-order valence-corrected chi connectivity index (χ1v) is 7.70. The molecule has 4 heteroatoms. The van der Waals surface area contributed by atoms with Crippen LogP contribution in [0.3, 0.4) is 0 Å². The fraction of sp³-hybridized carbons (Fsp3) is 0.312. The summed E-state index contributed by atoms with van der Waals surface area (Å²) in [6.07, 6.45) is 4.28. The van der Waals surface area contributed by atoms with Crippen molar-refractivity contribution in [2.75, 3.05) is 23.8 Å². The van der Waals surface area contributed by atoms with Crippen molar-refractivity contribution in [2.45, 2.75) is 19.4 Å². The minimum Gasteiger partial charge on any atom is -0.380 e. The quantitative estimate of drug-likeness (QED) is 0.866. The molecule has 1 N–H and O–H groups in total. The predicted molar refractivity (Wildman–Crippen MR) is 87.3 cm³/mol. The van der Waals surface area contributed by atoms with E-state index in [4.69, 9.17) is 0 Å². The van der Waals surface area contributed by atoms with Gasteiger partial charge in [-0.3, -0.25) is 0 Å². The molecule has 1 aliphatic heterocycles. The summed E-state index contributed by atoms with van der Waals surface area (Å²) in [5.41, 5.74) is 5.21. The number of pyridine rings is 1. The standard InChI is InChI=1S/C16H18BrN3/c1-20-8-2-3-13-9-12(4-6-15(13)20)10-18-14-5-7-16(17)19-11-14/h4-7,9,11,18H,2-3,8,10H2,1H3. The number of fused-ring (bicyclic) bond motifs is 1. The first-order chi connectivity index (χ1) is 9.72. The summed E-state index contributed by atoms with van der Waals surface area (Å²) in [4.78, 5) is 6.56. The lowest BCUT2D eigenvalue weighted by atomic mass is 9.99. The Morgan fingerprint density at radius 1 is 1.30 bits per heavy atom. The third-order valence-electron chi connectivity index (χ3n) is 3.72. The van der Waals surface area contributed by atoms with Crippen molar-refractivity contribution >= 4 is 27.3 Å². The van der Waals surface area contributed by atoms with Gasteiger partial charge in [-0.05, 0) is 58.1 Å². The molecule has 0 unspecified atom stereocenters. The van der Waals surface area contributed by atoms with E-state index in [0.29, 0.717) is 0 Å². The van der Waals surface area contributed by atoms with Crippen LogP contribution in [-0.2, 0) is 13.0 Å². The normalized spacial score (nSPS) is 14.0. The number of nitrogens with one attached hydrogen (secondary N) is 1. The molecule has 1 aromatic heterocycles. The average Bonchev–Trinajstić information content (AvgIpc) is 2.47. The van der Waals surface area contributed by atoms with Crippen LogP contribution < -0.4 is 10.2 Å². The lowest BCUT2D eigenvalue weighted by molar-refractivity contribution is 0.743. The van der Waals surface area contributed by atoms with Gasteiger partial charge in [0.1, 0.15) is 4.60 Å². The second kappa shape index (κ2) is 5.83. The topological polar surface area (TPSA) is 28.2 Å². The molecule has 2 aromatic rings. The van der Waals surface area contributed by atoms with Crippen LogP contribution in [-0.4, -0.2) is 18.6 Å². The van der Waals surface area contributed by atoms with Crippen LogP contribution in [0.4, 0.5) is 11.4 Å². The first kappa shape index (κ1) is 13.4. The van der Waals surface area contributed by atoms with E-state index in [0.717, 1.165) is 23.4 Å². The number of hydrogen-bond acceptors (Lipinski definition) is 3. The molecule has 2 heterocycles. The summed E-state index contributed by atoms with van der Waals surface area (Å²) in [7, 11) is 2.17. The van der Waals surface area contributed by atoms with Crippen molar-refractivity contribution in [3.8, 4) is 0 Å². The summed E-state index contributed by atoms with van der Waals surface area (Å²) >= 11 is 3.34. The maximum Gasteiger partial charge on any atom is 0.106 e. The molecule has 0 saturated heterocycles. The van der Waals surface area contributed by atoms with E-state index >= 15 is 0 Å². The molecule has 0 fully saturated rings. The van der Waals surface area contributed by atoms with Crippen LogP contribution in [0, 0.1) is 0 Å². The van der Waals surface area contributed by atoms with Gasteiger partial charge in [-0.2, -0.15) is 0 Å². The van der Waals surface area contributed by atoms with Crippen molar-refractivity contribution < 1.29 is 0 Å². The highest BCUT2D eigenvalue weighted by molar-refractivity contribution is 9.10. The smallest absolute Gasteiger partial charge is 0.106 e. The zero-order chi connectivity index (χ0) is 13.9. The summed E-state index contributed by atoms with van der Waals surface area (Å²) < 4.78 is 0.861. The minimum atomic E-state index is 0.834. The molecule has 0 atom stereocenters. The number of halogens is 1. The second-order valence-corrected chi connectivity index (χ2v) is 6.02. The molecular weight excluding hydrogens is 314 g/mol. The number of aromatic nitrogens is 1. The largest absolute Gasteiger partial charge is 0.380 e. The predicted octanol–water partition coefficient (Wildman–Crippen LogP) is 3.84. The molecule has 0 radical (unpaired) electrons. The van der Waals surface area contributed by atoms with E-state index in [1.165, 1.54) is 29.7 Å². The van der Waals surface area contributed by atoms with Crippen LogP contribution in [0.15, 0.2) is 41.1 Å². The monoisotopic (exact) mass is 331 g/mol. The summed E-state index contributed by atoms with van der Waals surface area (Å²) in [6, 6.07) is 10.8. The van der Waals surface area contributed by atoms with E-state index in [1.54, 1.807) is 0 Å². The van der Waals surface area contributed by atoms with E-state index in [2.05, 4.69) is 56.4 Å². The molecule has 104 valence electrons. The summed E-state index contributed by atoms with van der Waals surface area (Å²) in [6.45, 7) is 2.00. The zero-order valence-electron chi connectivity index (χ0n) is 11.6. The highest BCUT2D eigenvalue weighted by Crippen LogP contribution is 2.27. The molecule has 3 rings (SSSR count). The van der Waals surface area contributed by atoms with Crippen LogP contribution in [0.25, 0.3) is 0 Å². The van der Waals surface area contributed by atoms with Gasteiger partial charge in [0, 0.05) is 25.8 Å². The third kappa shape index (κ3) is 2.96. The Morgan fingerprint density at radius 2 is 2.20 bits per heavy atom. The molecule has 0 amide bonds. The number of benzene rings is 1. The van der Waals surface area contributed by atoms with Crippen molar-refractivity contribution in [2.24, 2.45) is 0 Å². The van der Waals surface area contributed by atoms with Gasteiger partial charge >= 0.3 is 0 Å². The Kier molecular flexibility index (Phi) is 3.92. The molecule has 0 saturated carbocycles. The average molecular weight is 332 g/mol. The van der Waals surface area contributed by atoms with Crippen molar-refractivity contribution in [3.05, 3.63) is 52.3 Å². The van der Waals surface area contributed by atoms with Crippen molar-refractivity contribution in [3.63, 3.8) is 0 Å². The Labute approximate surface area is 128 Å². The van der Waals surface area contributed by atoms with Crippen LogP contribution >= 0.6 is 15.9 Å². The SMILES string of the molecule is CN1CCCc2cc(CNc3ccc(Br)nc3)ccc21. The van der Waals surface area contributed by atoms with E-state index in [-0.39, 0.29) is 0 Å². The lowest BCUT2D eigenvalue weighted by Crippen LogP contribution is -2.24. The molecule has 0 aliphatic carbocycles. The fourth-order valence-corrected chi connectivity index (χ4v) is 2.87. The number of rotatable bonds is 3. The first-order valence-electron chi connectivity index (χ1n) is 6.91. The summed E-state index contributed by atoms with van der Waals surface area (Å²) in [5, 5.41) is 3.41. The molecule has 20 heavy (non-hydrogen) atoms. The highest BCUT2D eigenvalue weighted by Gasteiger charge is 2.13. The third-order valence-corrected chi connectivity index (χ3v) is 4.19. The Balaban J connectivity index is 1.70. The Hall–Kier alpha value is -1.55. The van der Waals surface area contributed by atoms with E-state index in [9.17, 15) is 0 Å². The van der Waals surface area contributed by atoms with E-state index < -0.39 is 0 Å². The van der Waals surface area contributed by atoms with Gasteiger partial charge in [0.05, 0.1) is 11.9 Å². The molecule has 3 nitrogen and oxygen atoms in total. The lowest BCUT2D eigenvalue weighted by Gasteiger charge is -2.27. The number of nitrogens with zero attached hydrogens (tertiary/aromatic N) is 2. The molecule has 0 bridgehead atoms. The molecule has 1 aliphatic rings. The fourth-order valence-electron chi connectivity index (χ4n) is 2.63. The van der Waals surface area contributed by atoms with E-state index in [1.807, 2.05) is 18.3 Å². The maximum atomic E-state index is 4.22. The number of hydrogen-bond donors (Lipinski definition) is 1. The minimum absolute atomic E-state index is 0.834. The van der Waals surface area contributed by atoms with Crippen LogP contribution in [0.1, 0.15) is 17.5 Å². The van der Waals surface area contributed by atoms with Crippen LogP contribution in [0.2, 0.25) is 0 Å². The van der Waals surface area contributed by atoms with Gasteiger partial charge in [0.2, 0.25) is 0 Å². The van der Waals surface area contributed by atoms with Gasteiger partial charge in [-0.15, -0.1) is 0 Å². The molecular formula is C16H18BrN3. The van der Waals surface area contributed by atoms with Crippen molar-refractivity contribution in [1.82, 2.24) is 4.98 Å². The van der Waals surface area contributed by atoms with Gasteiger partial charge in [-0.25, -0.2) is 4.98 Å². The number of aryl methyl sites for hydroxylation is 1. The zero-order valence-corrected chi connectivity index (χ0v) is 13.2. The highest BCUT2D eigenvalue weighted by atomic mass is 79.9. The Bertz CT molecular complexity index is 595.